The highest BCUT2D eigenvalue weighted by Gasteiger charge is 2.35. The third kappa shape index (κ3) is 2.94. The second-order valence-electron chi connectivity index (χ2n) is 4.88. The highest BCUT2D eigenvalue weighted by atomic mass is 35.5. The van der Waals surface area contributed by atoms with E-state index in [0.29, 0.717) is 23.0 Å². The largest absolute Gasteiger partial charge is 0.318 e. The zero-order valence-electron chi connectivity index (χ0n) is 11.2. The Hall–Kier alpha value is -0.620. The molecule has 4 nitrogen and oxygen atoms in total. The van der Waals surface area contributed by atoms with Crippen LogP contribution in [0.15, 0.2) is 23.1 Å². The average Bonchev–Trinajstić information content (AvgIpc) is 2.81. The van der Waals surface area contributed by atoms with Crippen molar-refractivity contribution in [2.75, 3.05) is 20.1 Å². The summed E-state index contributed by atoms with van der Waals surface area (Å²) in [5.41, 5.74) is 0.736. The minimum absolute atomic E-state index is 0.0355. The third-order valence-corrected chi connectivity index (χ3v) is 5.83. The lowest BCUT2D eigenvalue weighted by atomic mass is 10.2. The van der Waals surface area contributed by atoms with Gasteiger partial charge in [-0.05, 0) is 44.5 Å². The van der Waals surface area contributed by atoms with Gasteiger partial charge in [-0.2, -0.15) is 4.31 Å². The zero-order chi connectivity index (χ0) is 14.0. The van der Waals surface area contributed by atoms with Crippen molar-refractivity contribution in [3.63, 3.8) is 0 Å². The first-order valence-corrected chi connectivity index (χ1v) is 8.21. The molecule has 1 aromatic rings. The molecule has 1 aliphatic heterocycles. The van der Waals surface area contributed by atoms with Crippen LogP contribution in [-0.2, 0) is 10.0 Å². The van der Waals surface area contributed by atoms with Crippen molar-refractivity contribution in [2.45, 2.75) is 30.7 Å². The molecule has 1 aromatic carbocycles. The molecule has 1 saturated heterocycles. The fraction of sp³-hybridized carbons (Fsp3) is 0.538. The number of aryl methyl sites for hydroxylation is 1. The normalized spacial score (nSPS) is 20.9. The molecule has 1 heterocycles. The Kier molecular flexibility index (Phi) is 4.50. The van der Waals surface area contributed by atoms with E-state index < -0.39 is 10.0 Å². The Morgan fingerprint density at radius 1 is 1.47 bits per heavy atom. The van der Waals surface area contributed by atoms with Crippen LogP contribution in [0.2, 0.25) is 5.02 Å². The van der Waals surface area contributed by atoms with Gasteiger partial charge in [0.25, 0.3) is 0 Å². The average molecular weight is 303 g/mol. The Bertz CT molecular complexity index is 560. The minimum atomic E-state index is -3.45. The molecule has 1 atom stereocenters. The molecule has 1 N–H and O–H groups in total. The maximum Gasteiger partial charge on any atom is 0.243 e. The van der Waals surface area contributed by atoms with Gasteiger partial charge in [0.1, 0.15) is 0 Å². The molecule has 0 aromatic heterocycles. The van der Waals surface area contributed by atoms with Gasteiger partial charge in [-0.3, -0.25) is 0 Å². The van der Waals surface area contributed by atoms with E-state index in [1.165, 1.54) is 0 Å². The van der Waals surface area contributed by atoms with Crippen molar-refractivity contribution in [2.24, 2.45) is 0 Å². The lowest BCUT2D eigenvalue weighted by Crippen LogP contribution is -2.40. The fourth-order valence-electron chi connectivity index (χ4n) is 2.54. The number of hydrogen-bond acceptors (Lipinski definition) is 3. The molecule has 0 saturated carbocycles. The zero-order valence-corrected chi connectivity index (χ0v) is 12.8. The van der Waals surface area contributed by atoms with Crippen molar-refractivity contribution in [3.8, 4) is 0 Å². The molecular formula is C13H19ClN2O2S. The molecule has 6 heteroatoms. The molecule has 0 spiro atoms. The van der Waals surface area contributed by atoms with Crippen molar-refractivity contribution < 1.29 is 8.42 Å². The first-order chi connectivity index (χ1) is 8.96. The van der Waals surface area contributed by atoms with Gasteiger partial charge in [-0.1, -0.05) is 17.7 Å². The van der Waals surface area contributed by atoms with E-state index in [4.69, 9.17) is 11.6 Å². The topological polar surface area (TPSA) is 49.4 Å². The summed E-state index contributed by atoms with van der Waals surface area (Å²) in [7, 11) is -1.61. The van der Waals surface area contributed by atoms with Crippen molar-refractivity contribution >= 4 is 21.6 Å². The quantitative estimate of drug-likeness (QED) is 0.926. The maximum absolute atomic E-state index is 12.7. The van der Waals surface area contributed by atoms with Crippen molar-refractivity contribution in [3.05, 3.63) is 28.8 Å². The number of halogens is 1. The molecule has 0 radical (unpaired) electrons. The fourth-order valence-corrected chi connectivity index (χ4v) is 4.73. The minimum Gasteiger partial charge on any atom is -0.318 e. The van der Waals surface area contributed by atoms with E-state index >= 15 is 0 Å². The first kappa shape index (κ1) is 14.8. The van der Waals surface area contributed by atoms with E-state index in [2.05, 4.69) is 5.32 Å². The summed E-state index contributed by atoms with van der Waals surface area (Å²) >= 11 is 5.93. The molecule has 1 fully saturated rings. The van der Waals surface area contributed by atoms with Gasteiger partial charge in [0.2, 0.25) is 10.0 Å². The molecule has 0 aliphatic carbocycles. The van der Waals surface area contributed by atoms with E-state index in [1.807, 2.05) is 7.05 Å². The van der Waals surface area contributed by atoms with Crippen LogP contribution in [-0.4, -0.2) is 38.9 Å². The van der Waals surface area contributed by atoms with Gasteiger partial charge in [0.05, 0.1) is 4.90 Å². The molecule has 19 heavy (non-hydrogen) atoms. The number of hydrogen-bond donors (Lipinski definition) is 1. The second-order valence-corrected chi connectivity index (χ2v) is 7.17. The Labute approximate surface area is 119 Å². The van der Waals surface area contributed by atoms with Crippen LogP contribution in [0.5, 0.6) is 0 Å². The SMILES string of the molecule is CNCC1CCCN1S(=O)(=O)c1cc(Cl)ccc1C. The van der Waals surface area contributed by atoms with Crippen LogP contribution in [0.3, 0.4) is 0 Å². The predicted molar refractivity (Wildman–Crippen MR) is 77.0 cm³/mol. The van der Waals surface area contributed by atoms with Crippen LogP contribution >= 0.6 is 11.6 Å². The smallest absolute Gasteiger partial charge is 0.243 e. The van der Waals surface area contributed by atoms with Gasteiger partial charge in [-0.15, -0.1) is 0 Å². The van der Waals surface area contributed by atoms with Gasteiger partial charge < -0.3 is 5.32 Å². The molecule has 0 amide bonds. The maximum atomic E-state index is 12.7. The van der Waals surface area contributed by atoms with Gasteiger partial charge in [0.15, 0.2) is 0 Å². The number of nitrogens with zero attached hydrogens (tertiary/aromatic N) is 1. The lowest BCUT2D eigenvalue weighted by Gasteiger charge is -2.24. The second kappa shape index (κ2) is 5.79. The first-order valence-electron chi connectivity index (χ1n) is 6.39. The summed E-state index contributed by atoms with van der Waals surface area (Å²) in [6.45, 7) is 3.06. The number of benzene rings is 1. The van der Waals surface area contributed by atoms with Crippen molar-refractivity contribution in [1.29, 1.82) is 0 Å². The lowest BCUT2D eigenvalue weighted by molar-refractivity contribution is 0.379. The number of likely N-dealkylation sites (N-methyl/N-ethyl adjacent to an activating group) is 1. The number of rotatable bonds is 4. The molecule has 0 bridgehead atoms. The van der Waals surface area contributed by atoms with Gasteiger partial charge in [0, 0.05) is 24.2 Å². The molecule has 1 unspecified atom stereocenters. The van der Waals surface area contributed by atoms with Gasteiger partial charge >= 0.3 is 0 Å². The van der Waals surface area contributed by atoms with Crippen LogP contribution in [0, 0.1) is 6.92 Å². The third-order valence-electron chi connectivity index (χ3n) is 3.50. The summed E-state index contributed by atoms with van der Waals surface area (Å²) in [5.74, 6) is 0. The standard InChI is InChI=1S/C13H19ClN2O2S/c1-10-5-6-11(14)8-13(10)19(17,18)16-7-3-4-12(16)9-15-2/h5-6,8,12,15H,3-4,7,9H2,1-2H3. The molecule has 2 rings (SSSR count). The number of sulfonamides is 1. The Morgan fingerprint density at radius 2 is 2.21 bits per heavy atom. The summed E-state index contributed by atoms with van der Waals surface area (Å²) in [5, 5.41) is 3.51. The van der Waals surface area contributed by atoms with Crippen molar-refractivity contribution in [1.82, 2.24) is 9.62 Å². The molecule has 106 valence electrons. The summed E-state index contributed by atoms with van der Waals surface area (Å²) in [6, 6.07) is 5.04. The summed E-state index contributed by atoms with van der Waals surface area (Å²) in [4.78, 5) is 0.322. The Balaban J connectivity index is 2.39. The Morgan fingerprint density at radius 3 is 2.89 bits per heavy atom. The summed E-state index contributed by atoms with van der Waals surface area (Å²) in [6.07, 6.45) is 1.81. The van der Waals surface area contributed by atoms with E-state index in [-0.39, 0.29) is 6.04 Å². The van der Waals surface area contributed by atoms with Crippen LogP contribution in [0.4, 0.5) is 0 Å². The monoisotopic (exact) mass is 302 g/mol. The molecular weight excluding hydrogens is 284 g/mol. The van der Waals surface area contributed by atoms with Crippen LogP contribution < -0.4 is 5.32 Å². The predicted octanol–water partition coefficient (Wildman–Crippen LogP) is 2.02. The van der Waals surface area contributed by atoms with E-state index in [0.717, 1.165) is 18.4 Å². The van der Waals surface area contributed by atoms with Crippen LogP contribution in [0.1, 0.15) is 18.4 Å². The highest BCUT2D eigenvalue weighted by Crippen LogP contribution is 2.29. The van der Waals surface area contributed by atoms with E-state index in [1.54, 1.807) is 29.4 Å². The van der Waals surface area contributed by atoms with E-state index in [9.17, 15) is 8.42 Å². The molecule has 1 aliphatic rings. The van der Waals surface area contributed by atoms with Crippen LogP contribution in [0.25, 0.3) is 0 Å². The van der Waals surface area contributed by atoms with Gasteiger partial charge in [-0.25, -0.2) is 8.42 Å². The highest BCUT2D eigenvalue weighted by molar-refractivity contribution is 7.89. The number of nitrogens with one attached hydrogen (secondary N) is 1. The summed E-state index contributed by atoms with van der Waals surface area (Å²) < 4.78 is 27.1.